The van der Waals surface area contributed by atoms with Crippen LogP contribution in [0.1, 0.15) is 46.6 Å². The largest absolute Gasteiger partial charge is 0.385 e. The molecule has 2 heteroatoms. The standard InChI is InChI=1S/C16H28N2/c1-15(2,3)13-6-8-14(9-7-13)18-11-10-16(4,5)12-17/h6-9,18H,10-12,17H2,1-5H3. The van der Waals surface area contributed by atoms with E-state index in [2.05, 4.69) is 64.2 Å². The fourth-order valence-corrected chi connectivity index (χ4v) is 1.74. The van der Waals surface area contributed by atoms with E-state index >= 15 is 0 Å². The van der Waals surface area contributed by atoms with E-state index < -0.39 is 0 Å². The molecule has 0 radical (unpaired) electrons. The van der Waals surface area contributed by atoms with Crippen LogP contribution in [0.3, 0.4) is 0 Å². The number of rotatable bonds is 5. The fraction of sp³-hybridized carbons (Fsp3) is 0.625. The van der Waals surface area contributed by atoms with Gasteiger partial charge in [-0.15, -0.1) is 0 Å². The number of anilines is 1. The maximum Gasteiger partial charge on any atom is 0.0340 e. The van der Waals surface area contributed by atoms with Crippen LogP contribution in [0, 0.1) is 5.41 Å². The van der Waals surface area contributed by atoms with Crippen LogP contribution in [-0.4, -0.2) is 13.1 Å². The molecule has 0 heterocycles. The second-order valence-corrected chi connectivity index (χ2v) is 6.87. The van der Waals surface area contributed by atoms with Gasteiger partial charge in [-0.3, -0.25) is 0 Å². The van der Waals surface area contributed by atoms with Crippen molar-refractivity contribution in [3.8, 4) is 0 Å². The van der Waals surface area contributed by atoms with E-state index in [1.54, 1.807) is 0 Å². The average Bonchev–Trinajstić information content (AvgIpc) is 2.28. The lowest BCUT2D eigenvalue weighted by molar-refractivity contribution is 0.358. The number of hydrogen-bond acceptors (Lipinski definition) is 2. The van der Waals surface area contributed by atoms with Crippen LogP contribution in [0.2, 0.25) is 0 Å². The predicted octanol–water partition coefficient (Wildman–Crippen LogP) is 3.77. The van der Waals surface area contributed by atoms with Crippen LogP contribution in [-0.2, 0) is 5.41 Å². The quantitative estimate of drug-likeness (QED) is 0.832. The topological polar surface area (TPSA) is 38.0 Å². The summed E-state index contributed by atoms with van der Waals surface area (Å²) < 4.78 is 0. The van der Waals surface area contributed by atoms with Crippen molar-refractivity contribution in [2.24, 2.45) is 11.1 Å². The van der Waals surface area contributed by atoms with Crippen molar-refractivity contribution in [1.82, 2.24) is 0 Å². The minimum absolute atomic E-state index is 0.221. The summed E-state index contributed by atoms with van der Waals surface area (Å²) >= 11 is 0. The highest BCUT2D eigenvalue weighted by atomic mass is 14.9. The summed E-state index contributed by atoms with van der Waals surface area (Å²) in [6.45, 7) is 12.8. The summed E-state index contributed by atoms with van der Waals surface area (Å²) in [5.41, 5.74) is 8.73. The highest BCUT2D eigenvalue weighted by molar-refractivity contribution is 5.45. The van der Waals surface area contributed by atoms with E-state index in [1.165, 1.54) is 11.3 Å². The third kappa shape index (κ3) is 4.69. The van der Waals surface area contributed by atoms with E-state index in [1.807, 2.05) is 0 Å². The molecule has 0 spiro atoms. The van der Waals surface area contributed by atoms with Crippen molar-refractivity contribution >= 4 is 5.69 Å². The lowest BCUT2D eigenvalue weighted by Gasteiger charge is -2.23. The Balaban J connectivity index is 2.50. The van der Waals surface area contributed by atoms with E-state index in [0.29, 0.717) is 0 Å². The molecule has 102 valence electrons. The number of benzene rings is 1. The predicted molar refractivity (Wildman–Crippen MR) is 81.1 cm³/mol. The van der Waals surface area contributed by atoms with E-state index in [9.17, 15) is 0 Å². The smallest absolute Gasteiger partial charge is 0.0340 e. The molecule has 0 saturated heterocycles. The zero-order valence-electron chi connectivity index (χ0n) is 12.5. The number of nitrogens with two attached hydrogens (primary N) is 1. The summed E-state index contributed by atoms with van der Waals surface area (Å²) in [7, 11) is 0. The molecule has 1 rings (SSSR count). The van der Waals surface area contributed by atoms with Crippen LogP contribution in [0.25, 0.3) is 0 Å². The highest BCUT2D eigenvalue weighted by Gasteiger charge is 2.15. The van der Waals surface area contributed by atoms with Crippen molar-refractivity contribution in [2.75, 3.05) is 18.4 Å². The molecule has 1 aromatic rings. The molecule has 0 fully saturated rings. The first-order valence-electron chi connectivity index (χ1n) is 6.79. The first-order valence-corrected chi connectivity index (χ1v) is 6.79. The normalized spacial score (nSPS) is 12.6. The van der Waals surface area contributed by atoms with Crippen molar-refractivity contribution in [2.45, 2.75) is 46.5 Å². The molecule has 0 aromatic heterocycles. The third-order valence-corrected chi connectivity index (χ3v) is 3.43. The summed E-state index contributed by atoms with van der Waals surface area (Å²) in [5, 5.41) is 3.46. The van der Waals surface area contributed by atoms with Gasteiger partial charge in [-0.1, -0.05) is 46.8 Å². The Hall–Kier alpha value is -1.02. The molecule has 0 atom stereocenters. The lowest BCUT2D eigenvalue weighted by Crippen LogP contribution is -2.26. The van der Waals surface area contributed by atoms with E-state index in [4.69, 9.17) is 5.73 Å². The van der Waals surface area contributed by atoms with Gasteiger partial charge in [0.15, 0.2) is 0 Å². The second kappa shape index (κ2) is 5.75. The minimum Gasteiger partial charge on any atom is -0.385 e. The van der Waals surface area contributed by atoms with Gasteiger partial charge in [-0.2, -0.15) is 0 Å². The van der Waals surface area contributed by atoms with Crippen LogP contribution in [0.4, 0.5) is 5.69 Å². The van der Waals surface area contributed by atoms with Gasteiger partial charge in [0.1, 0.15) is 0 Å². The summed E-state index contributed by atoms with van der Waals surface area (Å²) in [6.07, 6.45) is 1.09. The minimum atomic E-state index is 0.221. The van der Waals surface area contributed by atoms with Gasteiger partial charge in [-0.25, -0.2) is 0 Å². The van der Waals surface area contributed by atoms with Gasteiger partial charge in [-0.05, 0) is 41.5 Å². The zero-order chi connectivity index (χ0) is 13.8. The van der Waals surface area contributed by atoms with Gasteiger partial charge >= 0.3 is 0 Å². The summed E-state index contributed by atoms with van der Waals surface area (Å²) in [5.74, 6) is 0. The van der Waals surface area contributed by atoms with Crippen LogP contribution in [0.5, 0.6) is 0 Å². The van der Waals surface area contributed by atoms with Crippen molar-refractivity contribution < 1.29 is 0 Å². The molecule has 2 nitrogen and oxygen atoms in total. The first kappa shape index (κ1) is 15.0. The van der Waals surface area contributed by atoms with Gasteiger partial charge in [0, 0.05) is 12.2 Å². The second-order valence-electron chi connectivity index (χ2n) is 6.87. The van der Waals surface area contributed by atoms with Crippen LogP contribution in [0.15, 0.2) is 24.3 Å². The highest BCUT2D eigenvalue weighted by Crippen LogP contribution is 2.24. The molecule has 3 N–H and O–H groups in total. The molecule has 0 aliphatic carbocycles. The van der Waals surface area contributed by atoms with Gasteiger partial charge in [0.2, 0.25) is 0 Å². The Morgan fingerprint density at radius 1 is 1.00 bits per heavy atom. The molecule has 1 aromatic carbocycles. The van der Waals surface area contributed by atoms with Gasteiger partial charge < -0.3 is 11.1 Å². The Kier molecular flexibility index (Phi) is 4.80. The average molecular weight is 248 g/mol. The zero-order valence-corrected chi connectivity index (χ0v) is 12.5. The van der Waals surface area contributed by atoms with Gasteiger partial charge in [0.25, 0.3) is 0 Å². The van der Waals surface area contributed by atoms with Crippen molar-refractivity contribution in [3.05, 3.63) is 29.8 Å². The molecule has 0 aliphatic rings. The van der Waals surface area contributed by atoms with E-state index in [0.717, 1.165) is 19.5 Å². The number of hydrogen-bond donors (Lipinski definition) is 2. The Labute approximate surface area is 112 Å². The Morgan fingerprint density at radius 2 is 1.56 bits per heavy atom. The molecule has 18 heavy (non-hydrogen) atoms. The molecule has 0 amide bonds. The molecule has 0 aliphatic heterocycles. The maximum atomic E-state index is 5.73. The SMILES string of the molecule is CC(C)(CN)CCNc1ccc(C(C)(C)C)cc1. The monoisotopic (exact) mass is 248 g/mol. The maximum absolute atomic E-state index is 5.73. The number of nitrogens with one attached hydrogen (secondary N) is 1. The fourth-order valence-electron chi connectivity index (χ4n) is 1.74. The van der Waals surface area contributed by atoms with Crippen molar-refractivity contribution in [1.29, 1.82) is 0 Å². The van der Waals surface area contributed by atoms with Crippen LogP contribution >= 0.6 is 0 Å². The van der Waals surface area contributed by atoms with Crippen LogP contribution < -0.4 is 11.1 Å². The Morgan fingerprint density at radius 3 is 2.00 bits per heavy atom. The Bertz CT molecular complexity index is 358. The third-order valence-electron chi connectivity index (χ3n) is 3.43. The molecule has 0 unspecified atom stereocenters. The molecule has 0 saturated carbocycles. The van der Waals surface area contributed by atoms with Gasteiger partial charge in [0.05, 0.1) is 0 Å². The van der Waals surface area contributed by atoms with Crippen molar-refractivity contribution in [3.63, 3.8) is 0 Å². The summed E-state index contributed by atoms with van der Waals surface area (Å²) in [4.78, 5) is 0. The van der Waals surface area contributed by atoms with E-state index in [-0.39, 0.29) is 10.8 Å². The molecular formula is C16H28N2. The molecular weight excluding hydrogens is 220 g/mol. The lowest BCUT2D eigenvalue weighted by atomic mass is 9.87. The molecule has 0 bridgehead atoms. The summed E-state index contributed by atoms with van der Waals surface area (Å²) in [6, 6.07) is 8.73. The first-order chi connectivity index (χ1) is 8.24.